The summed E-state index contributed by atoms with van der Waals surface area (Å²) in [6.07, 6.45) is 1.98. The van der Waals surface area contributed by atoms with Crippen molar-refractivity contribution in [2.45, 2.75) is 46.8 Å². The number of aliphatic hydroxyl groups is 1. The number of morpholine rings is 1. The Kier molecular flexibility index (Phi) is 4.26. The van der Waals surface area contributed by atoms with Crippen LogP contribution in [0.1, 0.15) is 34.6 Å². The van der Waals surface area contributed by atoms with Gasteiger partial charge >= 0.3 is 0 Å². The molecule has 1 heterocycles. The van der Waals surface area contributed by atoms with Crippen LogP contribution in [0.4, 0.5) is 0 Å². The number of amides is 1. The molecule has 114 valence electrons. The first-order valence-corrected chi connectivity index (χ1v) is 7.47. The number of nitrogens with zero attached hydrogens (tertiary/aromatic N) is 1. The van der Waals surface area contributed by atoms with Crippen molar-refractivity contribution in [1.29, 1.82) is 0 Å². The predicted molar refractivity (Wildman–Crippen MR) is 78.2 cm³/mol. The van der Waals surface area contributed by atoms with Gasteiger partial charge in [0, 0.05) is 6.54 Å². The summed E-state index contributed by atoms with van der Waals surface area (Å²) in [4.78, 5) is 14.7. The highest BCUT2D eigenvalue weighted by molar-refractivity contribution is 5.84. The number of ether oxygens (including phenoxy) is 1. The van der Waals surface area contributed by atoms with Gasteiger partial charge < -0.3 is 14.7 Å². The van der Waals surface area contributed by atoms with Crippen LogP contribution in [0, 0.1) is 17.3 Å². The number of allylic oxidation sites excluding steroid dienone is 2. The monoisotopic (exact) mass is 281 g/mol. The van der Waals surface area contributed by atoms with E-state index < -0.39 is 0 Å². The molecule has 2 rings (SSSR count). The molecular formula is C16H27NO3. The molecule has 1 saturated carbocycles. The molecule has 0 bridgehead atoms. The van der Waals surface area contributed by atoms with Gasteiger partial charge in [-0.05, 0) is 32.1 Å². The Morgan fingerprint density at radius 1 is 1.45 bits per heavy atom. The van der Waals surface area contributed by atoms with Crippen molar-refractivity contribution >= 4 is 5.91 Å². The van der Waals surface area contributed by atoms with E-state index >= 15 is 0 Å². The van der Waals surface area contributed by atoms with E-state index in [1.165, 1.54) is 5.57 Å². The lowest BCUT2D eigenvalue weighted by Gasteiger charge is -2.38. The van der Waals surface area contributed by atoms with Gasteiger partial charge in [0.2, 0.25) is 5.91 Å². The van der Waals surface area contributed by atoms with Crippen LogP contribution in [0.5, 0.6) is 0 Å². The van der Waals surface area contributed by atoms with Crippen molar-refractivity contribution < 1.29 is 14.6 Å². The molecule has 0 radical (unpaired) electrons. The van der Waals surface area contributed by atoms with Gasteiger partial charge in [-0.3, -0.25) is 4.79 Å². The molecule has 0 aromatic carbocycles. The summed E-state index contributed by atoms with van der Waals surface area (Å²) >= 11 is 0. The van der Waals surface area contributed by atoms with Crippen molar-refractivity contribution in [3.8, 4) is 0 Å². The van der Waals surface area contributed by atoms with Crippen molar-refractivity contribution in [1.82, 2.24) is 4.90 Å². The lowest BCUT2D eigenvalue weighted by atomic mass is 10.1. The Labute approximate surface area is 121 Å². The number of hydrogen-bond donors (Lipinski definition) is 1. The summed E-state index contributed by atoms with van der Waals surface area (Å²) in [6, 6.07) is 0.0917. The Morgan fingerprint density at radius 2 is 2.10 bits per heavy atom. The minimum atomic E-state index is -0.237. The molecule has 4 heteroatoms. The van der Waals surface area contributed by atoms with Crippen LogP contribution >= 0.6 is 0 Å². The summed E-state index contributed by atoms with van der Waals surface area (Å²) < 4.78 is 5.51. The van der Waals surface area contributed by atoms with E-state index in [1.54, 1.807) is 0 Å². The summed E-state index contributed by atoms with van der Waals surface area (Å²) in [5, 5.41) is 9.23. The number of rotatable bonds is 3. The predicted octanol–water partition coefficient (Wildman–Crippen LogP) is 1.83. The van der Waals surface area contributed by atoms with Gasteiger partial charge in [-0.1, -0.05) is 25.5 Å². The molecule has 1 saturated heterocycles. The number of carbonyl (C=O) groups is 1. The average Bonchev–Trinajstić information content (AvgIpc) is 2.89. The highest BCUT2D eigenvalue weighted by Crippen LogP contribution is 2.60. The molecule has 0 spiro atoms. The Balaban J connectivity index is 2.09. The second-order valence-corrected chi connectivity index (χ2v) is 7.05. The van der Waals surface area contributed by atoms with Gasteiger partial charge in [-0.2, -0.15) is 0 Å². The molecule has 4 nitrogen and oxygen atoms in total. The molecule has 2 aliphatic rings. The number of carbonyl (C=O) groups excluding carboxylic acids is 1. The van der Waals surface area contributed by atoms with Gasteiger partial charge in [0.15, 0.2) is 0 Å². The van der Waals surface area contributed by atoms with Crippen LogP contribution in [0.2, 0.25) is 0 Å². The third-order valence-electron chi connectivity index (χ3n) is 4.68. The van der Waals surface area contributed by atoms with Crippen molar-refractivity contribution in [2.24, 2.45) is 17.3 Å². The smallest absolute Gasteiger partial charge is 0.227 e. The van der Waals surface area contributed by atoms with E-state index in [0.717, 1.165) is 0 Å². The lowest BCUT2D eigenvalue weighted by molar-refractivity contribution is -0.148. The molecular weight excluding hydrogens is 254 g/mol. The van der Waals surface area contributed by atoms with Crippen molar-refractivity contribution in [2.75, 3.05) is 19.8 Å². The largest absolute Gasteiger partial charge is 0.394 e. The van der Waals surface area contributed by atoms with Gasteiger partial charge in [0.1, 0.15) is 0 Å². The lowest BCUT2D eigenvalue weighted by Crippen LogP contribution is -2.52. The summed E-state index contributed by atoms with van der Waals surface area (Å²) in [6.45, 7) is 11.5. The van der Waals surface area contributed by atoms with Crippen LogP contribution in [0.15, 0.2) is 11.6 Å². The molecule has 0 aromatic heterocycles. The van der Waals surface area contributed by atoms with Crippen LogP contribution in [-0.2, 0) is 9.53 Å². The van der Waals surface area contributed by atoms with E-state index in [0.29, 0.717) is 19.1 Å². The summed E-state index contributed by atoms with van der Waals surface area (Å²) in [5.74, 6) is 0.617. The van der Waals surface area contributed by atoms with Gasteiger partial charge in [0.25, 0.3) is 0 Å². The number of aliphatic hydroxyl groups excluding tert-OH is 1. The van der Waals surface area contributed by atoms with Crippen molar-refractivity contribution in [3.05, 3.63) is 11.6 Å². The van der Waals surface area contributed by atoms with Gasteiger partial charge in [-0.15, -0.1) is 0 Å². The molecule has 20 heavy (non-hydrogen) atoms. The van der Waals surface area contributed by atoms with E-state index in [-0.39, 0.29) is 36.0 Å². The molecule has 4 atom stereocenters. The Hall–Kier alpha value is -0.870. The fourth-order valence-corrected chi connectivity index (χ4v) is 3.23. The maximum absolute atomic E-state index is 12.8. The molecule has 1 aliphatic heterocycles. The third-order valence-corrected chi connectivity index (χ3v) is 4.68. The van der Waals surface area contributed by atoms with E-state index in [4.69, 9.17) is 4.74 Å². The fraction of sp³-hybridized carbons (Fsp3) is 0.812. The Bertz CT molecular complexity index is 412. The fourth-order valence-electron chi connectivity index (χ4n) is 3.23. The first kappa shape index (κ1) is 15.5. The van der Waals surface area contributed by atoms with Crippen LogP contribution < -0.4 is 0 Å². The topological polar surface area (TPSA) is 49.8 Å². The molecule has 0 aromatic rings. The maximum Gasteiger partial charge on any atom is 0.227 e. The van der Waals surface area contributed by atoms with Gasteiger partial charge in [0.05, 0.1) is 31.3 Å². The summed E-state index contributed by atoms with van der Waals surface area (Å²) in [7, 11) is 0. The standard InChI is InChI=1S/C16H27NO3/c1-10(2)6-13-14(16(13,4)5)15(19)17-7-12(8-18)20-9-11(17)3/h6,11-14,18H,7-9H2,1-5H3. The molecule has 1 N–H and O–H groups in total. The van der Waals surface area contributed by atoms with Crippen LogP contribution in [-0.4, -0.2) is 47.8 Å². The zero-order valence-electron chi connectivity index (χ0n) is 13.2. The van der Waals surface area contributed by atoms with Crippen LogP contribution in [0.25, 0.3) is 0 Å². The second kappa shape index (κ2) is 5.49. The quantitative estimate of drug-likeness (QED) is 0.803. The molecule has 2 fully saturated rings. The van der Waals surface area contributed by atoms with E-state index in [2.05, 4.69) is 33.8 Å². The highest BCUT2D eigenvalue weighted by Gasteiger charge is 2.61. The average molecular weight is 281 g/mol. The van der Waals surface area contributed by atoms with Crippen LogP contribution in [0.3, 0.4) is 0 Å². The minimum Gasteiger partial charge on any atom is -0.394 e. The number of hydrogen-bond acceptors (Lipinski definition) is 3. The molecule has 4 unspecified atom stereocenters. The van der Waals surface area contributed by atoms with Gasteiger partial charge in [-0.25, -0.2) is 0 Å². The minimum absolute atomic E-state index is 0.0258. The SMILES string of the molecule is CC(C)=CC1C(C(=O)N2CC(CO)OCC2C)C1(C)C. The maximum atomic E-state index is 12.8. The first-order valence-electron chi connectivity index (χ1n) is 7.47. The first-order chi connectivity index (χ1) is 9.28. The zero-order chi connectivity index (χ0) is 15.1. The third kappa shape index (κ3) is 2.77. The molecule has 1 aliphatic carbocycles. The second-order valence-electron chi connectivity index (χ2n) is 7.05. The summed E-state index contributed by atoms with van der Waals surface area (Å²) in [5.41, 5.74) is 1.31. The Morgan fingerprint density at radius 3 is 2.65 bits per heavy atom. The van der Waals surface area contributed by atoms with E-state index in [1.807, 2.05) is 11.8 Å². The normalized spacial score (nSPS) is 35.6. The zero-order valence-corrected chi connectivity index (χ0v) is 13.2. The van der Waals surface area contributed by atoms with E-state index in [9.17, 15) is 9.90 Å². The molecule has 1 amide bonds. The highest BCUT2D eigenvalue weighted by atomic mass is 16.5. The van der Waals surface area contributed by atoms with Crippen molar-refractivity contribution in [3.63, 3.8) is 0 Å².